The molecule has 0 fully saturated rings. The van der Waals surface area contributed by atoms with Crippen LogP contribution in [-0.2, 0) is 0 Å². The number of hydrogen-bond donors (Lipinski definition) is 2. The first-order valence-electron chi connectivity index (χ1n) is 6.41. The van der Waals surface area contributed by atoms with Gasteiger partial charge in [0.25, 0.3) is 11.8 Å². The summed E-state index contributed by atoms with van der Waals surface area (Å²) in [4.78, 5) is 23.9. The predicted octanol–water partition coefficient (Wildman–Crippen LogP) is 3.14. The van der Waals surface area contributed by atoms with E-state index in [0.717, 1.165) is 15.6 Å². The van der Waals surface area contributed by atoms with E-state index in [0.29, 0.717) is 11.1 Å². The summed E-state index contributed by atoms with van der Waals surface area (Å²) >= 11 is 3.30. The Labute approximate surface area is 131 Å². The summed E-state index contributed by atoms with van der Waals surface area (Å²) in [7, 11) is 0. The summed E-state index contributed by atoms with van der Waals surface area (Å²) in [5, 5.41) is 0. The van der Waals surface area contributed by atoms with Gasteiger partial charge in [-0.15, -0.1) is 0 Å². The number of nitrogens with one attached hydrogen (secondary N) is 2. The van der Waals surface area contributed by atoms with Crippen LogP contribution in [0.3, 0.4) is 0 Å². The van der Waals surface area contributed by atoms with Crippen LogP contribution in [0.25, 0.3) is 0 Å². The Morgan fingerprint density at radius 3 is 2.14 bits per heavy atom. The largest absolute Gasteiger partial charge is 0.269 e. The Morgan fingerprint density at radius 1 is 0.905 bits per heavy atom. The molecule has 2 aromatic carbocycles. The van der Waals surface area contributed by atoms with Gasteiger partial charge in [0.05, 0.1) is 0 Å². The Balaban J connectivity index is 2.00. The molecule has 21 heavy (non-hydrogen) atoms. The molecule has 0 unspecified atom stereocenters. The molecule has 0 saturated carbocycles. The number of aryl methyl sites for hydroxylation is 2. The summed E-state index contributed by atoms with van der Waals surface area (Å²) in [5.74, 6) is -0.696. The molecule has 0 spiro atoms. The number of benzene rings is 2. The van der Waals surface area contributed by atoms with E-state index in [1.807, 2.05) is 26.0 Å². The Bertz CT molecular complexity index is 681. The van der Waals surface area contributed by atoms with E-state index in [4.69, 9.17) is 0 Å². The van der Waals surface area contributed by atoms with Crippen LogP contribution in [0.1, 0.15) is 31.8 Å². The number of carbonyl (C=O) groups is 2. The van der Waals surface area contributed by atoms with Gasteiger partial charge in [-0.2, -0.15) is 0 Å². The van der Waals surface area contributed by atoms with Gasteiger partial charge in [0.15, 0.2) is 0 Å². The van der Waals surface area contributed by atoms with Crippen molar-refractivity contribution in [3.63, 3.8) is 0 Å². The minimum atomic E-state index is -0.361. The summed E-state index contributed by atoms with van der Waals surface area (Å²) in [6, 6.07) is 12.4. The van der Waals surface area contributed by atoms with E-state index in [2.05, 4.69) is 26.8 Å². The maximum absolute atomic E-state index is 12.0. The van der Waals surface area contributed by atoms with Crippen molar-refractivity contribution < 1.29 is 9.59 Å². The summed E-state index contributed by atoms with van der Waals surface area (Å²) in [5.41, 5.74) is 7.79. The van der Waals surface area contributed by atoms with Crippen molar-refractivity contribution in [3.05, 3.63) is 69.2 Å². The fourth-order valence-corrected chi connectivity index (χ4v) is 2.19. The van der Waals surface area contributed by atoms with Crippen molar-refractivity contribution in [2.75, 3.05) is 0 Å². The van der Waals surface area contributed by atoms with Crippen LogP contribution in [0.5, 0.6) is 0 Å². The molecule has 2 aromatic rings. The second-order valence-electron chi connectivity index (χ2n) is 4.73. The van der Waals surface area contributed by atoms with Crippen molar-refractivity contribution in [2.24, 2.45) is 0 Å². The Morgan fingerprint density at radius 2 is 1.52 bits per heavy atom. The highest BCUT2D eigenvalue weighted by molar-refractivity contribution is 9.10. The smallest absolute Gasteiger partial charge is 0.267 e. The highest BCUT2D eigenvalue weighted by Crippen LogP contribution is 2.11. The molecular formula is C16H15BrN2O2. The Kier molecular flexibility index (Phi) is 4.75. The average molecular weight is 347 g/mol. The fourth-order valence-electron chi connectivity index (χ4n) is 1.92. The van der Waals surface area contributed by atoms with Crippen molar-refractivity contribution in [3.8, 4) is 0 Å². The zero-order valence-electron chi connectivity index (χ0n) is 11.7. The first kappa shape index (κ1) is 15.3. The molecule has 2 rings (SSSR count). The van der Waals surface area contributed by atoms with Crippen LogP contribution in [-0.4, -0.2) is 11.8 Å². The number of hydrogen-bond acceptors (Lipinski definition) is 2. The minimum absolute atomic E-state index is 0.335. The van der Waals surface area contributed by atoms with Gasteiger partial charge in [0.1, 0.15) is 0 Å². The molecule has 0 heterocycles. The van der Waals surface area contributed by atoms with Crippen LogP contribution < -0.4 is 10.9 Å². The molecule has 5 heteroatoms. The van der Waals surface area contributed by atoms with E-state index in [9.17, 15) is 9.59 Å². The predicted molar refractivity (Wildman–Crippen MR) is 85.0 cm³/mol. The molecule has 0 aromatic heterocycles. The van der Waals surface area contributed by atoms with Gasteiger partial charge in [-0.05, 0) is 49.7 Å². The number of halogens is 1. The average Bonchev–Trinajstić information content (AvgIpc) is 2.45. The third-order valence-electron chi connectivity index (χ3n) is 3.02. The molecule has 108 valence electrons. The van der Waals surface area contributed by atoms with Gasteiger partial charge >= 0.3 is 0 Å². The molecule has 0 aliphatic rings. The third kappa shape index (κ3) is 3.92. The number of carbonyl (C=O) groups excluding carboxylic acids is 2. The summed E-state index contributed by atoms with van der Waals surface area (Å²) in [6.07, 6.45) is 0. The molecule has 0 radical (unpaired) electrons. The van der Waals surface area contributed by atoms with Gasteiger partial charge in [0, 0.05) is 15.6 Å². The maximum atomic E-state index is 12.0. The number of rotatable bonds is 2. The van der Waals surface area contributed by atoms with E-state index < -0.39 is 0 Å². The summed E-state index contributed by atoms with van der Waals surface area (Å²) < 4.78 is 0.887. The van der Waals surface area contributed by atoms with Gasteiger partial charge in [0.2, 0.25) is 0 Å². The quantitative estimate of drug-likeness (QED) is 0.820. The van der Waals surface area contributed by atoms with Crippen molar-refractivity contribution in [1.82, 2.24) is 10.9 Å². The first-order valence-corrected chi connectivity index (χ1v) is 7.20. The van der Waals surface area contributed by atoms with Crippen molar-refractivity contribution >= 4 is 27.7 Å². The van der Waals surface area contributed by atoms with E-state index in [-0.39, 0.29) is 11.8 Å². The minimum Gasteiger partial charge on any atom is -0.267 e. The highest BCUT2D eigenvalue weighted by atomic mass is 79.9. The topological polar surface area (TPSA) is 58.2 Å². The molecule has 0 atom stereocenters. The van der Waals surface area contributed by atoms with E-state index >= 15 is 0 Å². The van der Waals surface area contributed by atoms with E-state index in [1.165, 1.54) is 0 Å². The van der Waals surface area contributed by atoms with Gasteiger partial charge in [-0.1, -0.05) is 33.6 Å². The van der Waals surface area contributed by atoms with Gasteiger partial charge < -0.3 is 0 Å². The fraction of sp³-hybridized carbons (Fsp3) is 0.125. The lowest BCUT2D eigenvalue weighted by molar-refractivity contribution is 0.0846. The van der Waals surface area contributed by atoms with Crippen LogP contribution in [0.15, 0.2) is 46.9 Å². The van der Waals surface area contributed by atoms with Crippen LogP contribution in [0, 0.1) is 13.8 Å². The molecule has 0 aliphatic heterocycles. The number of hydrazine groups is 1. The van der Waals surface area contributed by atoms with Crippen LogP contribution in [0.2, 0.25) is 0 Å². The lowest BCUT2D eigenvalue weighted by Gasteiger charge is -2.09. The maximum Gasteiger partial charge on any atom is 0.269 e. The van der Waals surface area contributed by atoms with Gasteiger partial charge in [-0.25, -0.2) is 0 Å². The molecule has 0 bridgehead atoms. The third-order valence-corrected chi connectivity index (χ3v) is 3.55. The van der Waals surface area contributed by atoms with E-state index in [1.54, 1.807) is 30.3 Å². The second-order valence-corrected chi connectivity index (χ2v) is 5.65. The lowest BCUT2D eigenvalue weighted by Crippen LogP contribution is -2.41. The van der Waals surface area contributed by atoms with Crippen molar-refractivity contribution in [2.45, 2.75) is 13.8 Å². The highest BCUT2D eigenvalue weighted by Gasteiger charge is 2.11. The van der Waals surface area contributed by atoms with Gasteiger partial charge in [-0.3, -0.25) is 20.4 Å². The molecule has 2 amide bonds. The molecule has 4 nitrogen and oxygen atoms in total. The molecular weight excluding hydrogens is 332 g/mol. The van der Waals surface area contributed by atoms with Crippen LogP contribution in [0.4, 0.5) is 0 Å². The first-order chi connectivity index (χ1) is 9.97. The molecule has 2 N–H and O–H groups in total. The Hall–Kier alpha value is -2.14. The summed E-state index contributed by atoms with van der Waals surface area (Å²) in [6.45, 7) is 3.82. The second kappa shape index (κ2) is 6.54. The normalized spacial score (nSPS) is 10.0. The zero-order valence-corrected chi connectivity index (χ0v) is 13.3. The lowest BCUT2D eigenvalue weighted by atomic mass is 10.1. The molecule has 0 aliphatic carbocycles. The van der Waals surface area contributed by atoms with Crippen molar-refractivity contribution in [1.29, 1.82) is 0 Å². The zero-order chi connectivity index (χ0) is 15.4. The monoisotopic (exact) mass is 346 g/mol. The van der Waals surface area contributed by atoms with Crippen LogP contribution >= 0.6 is 15.9 Å². The molecule has 0 saturated heterocycles. The standard InChI is InChI=1S/C16H15BrN2O2/c1-10-3-8-14(11(2)9-10)16(21)19-18-15(20)12-4-6-13(17)7-5-12/h3-9H,1-2H3,(H,18,20)(H,19,21). The number of amides is 2. The SMILES string of the molecule is Cc1ccc(C(=O)NNC(=O)c2ccc(Br)cc2)c(C)c1.